The Hall–Kier alpha value is -0.340. The molecule has 4 nitrogen and oxygen atoms in total. The van der Waals surface area contributed by atoms with E-state index in [1.165, 1.54) is 56.3 Å². The maximum Gasteiger partial charge on any atom is 0.522 e. The lowest BCUT2D eigenvalue weighted by Crippen LogP contribution is -2.50. The van der Waals surface area contributed by atoms with E-state index in [-0.39, 0.29) is 0 Å². The second-order valence-electron chi connectivity index (χ2n) is 5.16. The Labute approximate surface area is 126 Å². The van der Waals surface area contributed by atoms with Crippen LogP contribution in [-0.4, -0.2) is 49.1 Å². The van der Waals surface area contributed by atoms with E-state index in [1.807, 2.05) is 0 Å². The molecule has 0 amide bonds. The van der Waals surface area contributed by atoms with Gasteiger partial charge in [-0.15, -0.1) is 0 Å². The first-order valence-corrected chi connectivity index (χ1v) is 8.82. The van der Waals surface area contributed by atoms with Crippen LogP contribution in [0.5, 0.6) is 0 Å². The van der Waals surface area contributed by atoms with Crippen molar-refractivity contribution in [1.82, 2.24) is 0 Å². The van der Waals surface area contributed by atoms with Crippen LogP contribution in [0.1, 0.15) is 53.4 Å². The van der Waals surface area contributed by atoms with Crippen molar-refractivity contribution in [3.8, 4) is 0 Å². The molecule has 0 aromatic heterocycles. The number of alkyl halides is 3. The van der Waals surface area contributed by atoms with E-state index >= 15 is 0 Å². The number of hydrogen-bond acceptors (Lipinski definition) is 2. The van der Waals surface area contributed by atoms with Gasteiger partial charge in [-0.1, -0.05) is 27.7 Å². The molecule has 0 bridgehead atoms. The van der Waals surface area contributed by atoms with Crippen LogP contribution in [0.2, 0.25) is 0 Å². The summed E-state index contributed by atoms with van der Waals surface area (Å²) in [5.74, 6) is 0. The highest BCUT2D eigenvalue weighted by atomic mass is 32.2. The monoisotopic (exact) mass is 336 g/mol. The van der Waals surface area contributed by atoms with Crippen molar-refractivity contribution in [2.24, 2.45) is 0 Å². The molecule has 0 spiro atoms. The van der Waals surface area contributed by atoms with Crippen LogP contribution in [0.25, 0.3) is 0 Å². The molecule has 0 rings (SSSR count). The predicted octanol–water partition coefficient (Wildman–Crippen LogP) is 3.84. The number of rotatable bonds is 8. The van der Waals surface area contributed by atoms with Crippen molar-refractivity contribution in [2.75, 3.05) is 26.2 Å². The number of hydrogen-bond donors (Lipinski definition) is 1. The summed E-state index contributed by atoms with van der Waals surface area (Å²) in [5, 5.41) is 0. The average Bonchev–Trinajstić information content (AvgIpc) is 2.28. The van der Waals surface area contributed by atoms with E-state index in [1.54, 1.807) is 0 Å². The molecule has 21 heavy (non-hydrogen) atoms. The molecular formula is C13H29F3NO3S+. The minimum atomic E-state index is -5.84. The molecule has 0 fully saturated rings. The number of quaternary nitrogens is 1. The van der Waals surface area contributed by atoms with E-state index in [2.05, 4.69) is 27.7 Å². The molecule has 0 aromatic rings. The van der Waals surface area contributed by atoms with Crippen molar-refractivity contribution in [3.05, 3.63) is 0 Å². The van der Waals surface area contributed by atoms with Gasteiger partial charge >= 0.3 is 15.6 Å². The van der Waals surface area contributed by atoms with Crippen molar-refractivity contribution in [3.63, 3.8) is 0 Å². The van der Waals surface area contributed by atoms with Crippen molar-refractivity contribution < 1.29 is 30.6 Å². The van der Waals surface area contributed by atoms with Gasteiger partial charge < -0.3 is 4.48 Å². The van der Waals surface area contributed by atoms with Gasteiger partial charge in [0.2, 0.25) is 0 Å². The highest BCUT2D eigenvalue weighted by Gasteiger charge is 2.44. The van der Waals surface area contributed by atoms with Crippen LogP contribution >= 0.6 is 0 Å². The zero-order valence-corrected chi connectivity index (χ0v) is 14.2. The second kappa shape index (κ2) is 10.4. The highest BCUT2D eigenvalue weighted by molar-refractivity contribution is 7.86. The zero-order valence-electron chi connectivity index (χ0n) is 13.4. The summed E-state index contributed by atoms with van der Waals surface area (Å²) in [6.07, 6.45) is 5.33. The maximum atomic E-state index is 10.7. The standard InChI is InChI=1S/C12H28N.CHF3O3S/c1-5-9-13(10-6-2,11-7-3)12-8-4;2-1(3,4)8(5,6)7/h5-12H2,1-4H3;(H,5,6,7)/q+1;. The molecule has 0 aliphatic heterocycles. The third-order valence-electron chi connectivity index (χ3n) is 3.08. The van der Waals surface area contributed by atoms with Gasteiger partial charge in [0.15, 0.2) is 0 Å². The molecule has 0 unspecified atom stereocenters. The summed E-state index contributed by atoms with van der Waals surface area (Å²) in [5.41, 5.74) is -5.53. The fourth-order valence-electron chi connectivity index (χ4n) is 2.57. The van der Waals surface area contributed by atoms with E-state index in [4.69, 9.17) is 13.0 Å². The van der Waals surface area contributed by atoms with E-state index in [0.29, 0.717) is 0 Å². The molecule has 0 saturated heterocycles. The Kier molecular flexibility index (Phi) is 11.4. The predicted molar refractivity (Wildman–Crippen MR) is 78.5 cm³/mol. The molecule has 0 atom stereocenters. The first-order valence-electron chi connectivity index (χ1n) is 7.38. The van der Waals surface area contributed by atoms with Crippen LogP contribution in [0.4, 0.5) is 13.2 Å². The van der Waals surface area contributed by atoms with Crippen LogP contribution in [0.15, 0.2) is 0 Å². The smallest absolute Gasteiger partial charge is 0.324 e. The molecule has 0 aliphatic carbocycles. The van der Waals surface area contributed by atoms with Crippen molar-refractivity contribution in [2.45, 2.75) is 58.9 Å². The summed E-state index contributed by atoms with van der Waals surface area (Å²) in [6.45, 7) is 14.8. The third kappa shape index (κ3) is 10.1. The van der Waals surface area contributed by atoms with Gasteiger partial charge in [0.25, 0.3) is 0 Å². The average molecular weight is 336 g/mol. The lowest BCUT2D eigenvalue weighted by atomic mass is 10.2. The topological polar surface area (TPSA) is 54.4 Å². The van der Waals surface area contributed by atoms with Gasteiger partial charge in [-0.3, -0.25) is 4.55 Å². The molecule has 0 aliphatic rings. The Balaban J connectivity index is 0. The summed E-state index contributed by atoms with van der Waals surface area (Å²) in [4.78, 5) is 0. The molecular weight excluding hydrogens is 307 g/mol. The fraction of sp³-hybridized carbons (Fsp3) is 1.00. The van der Waals surface area contributed by atoms with Gasteiger partial charge in [-0.2, -0.15) is 21.6 Å². The minimum Gasteiger partial charge on any atom is -0.324 e. The minimum absolute atomic E-state index is 1.33. The fourth-order valence-corrected chi connectivity index (χ4v) is 2.57. The first kappa shape index (κ1) is 22.9. The first-order chi connectivity index (χ1) is 9.49. The largest absolute Gasteiger partial charge is 0.522 e. The van der Waals surface area contributed by atoms with Crippen LogP contribution in [-0.2, 0) is 10.1 Å². The van der Waals surface area contributed by atoms with Crippen LogP contribution in [0.3, 0.4) is 0 Å². The quantitative estimate of drug-likeness (QED) is 0.416. The summed E-state index contributed by atoms with van der Waals surface area (Å²) >= 11 is 0. The molecule has 0 saturated carbocycles. The Morgan fingerprint density at radius 1 is 0.810 bits per heavy atom. The van der Waals surface area contributed by atoms with Gasteiger partial charge in [0, 0.05) is 0 Å². The van der Waals surface area contributed by atoms with Gasteiger partial charge in [0.05, 0.1) is 26.2 Å². The van der Waals surface area contributed by atoms with Gasteiger partial charge in [-0.25, -0.2) is 0 Å². The Morgan fingerprint density at radius 2 is 1.00 bits per heavy atom. The Morgan fingerprint density at radius 3 is 1.10 bits per heavy atom. The maximum absolute atomic E-state index is 10.7. The third-order valence-corrected chi connectivity index (χ3v) is 3.67. The lowest BCUT2D eigenvalue weighted by Gasteiger charge is -2.38. The SMILES string of the molecule is CCC[N+](CCC)(CCC)CCC.O=S(=O)(O)C(F)(F)F. The van der Waals surface area contributed by atoms with Gasteiger partial charge in [0.1, 0.15) is 0 Å². The van der Waals surface area contributed by atoms with Crippen LogP contribution in [0, 0.1) is 0 Å². The zero-order chi connectivity index (χ0) is 17.2. The van der Waals surface area contributed by atoms with Crippen molar-refractivity contribution in [1.29, 1.82) is 0 Å². The number of nitrogens with zero attached hydrogens (tertiary/aromatic N) is 1. The molecule has 0 aromatic carbocycles. The summed E-state index contributed by atoms with van der Waals surface area (Å²) < 4.78 is 58.9. The molecule has 0 radical (unpaired) electrons. The molecule has 8 heteroatoms. The lowest BCUT2D eigenvalue weighted by molar-refractivity contribution is -0.928. The van der Waals surface area contributed by atoms with Crippen LogP contribution < -0.4 is 0 Å². The molecule has 1 N–H and O–H groups in total. The second-order valence-corrected chi connectivity index (χ2v) is 6.57. The van der Waals surface area contributed by atoms with E-state index in [9.17, 15) is 13.2 Å². The summed E-state index contributed by atoms with van der Waals surface area (Å²) in [6, 6.07) is 0. The van der Waals surface area contributed by atoms with E-state index < -0.39 is 15.6 Å². The Bertz CT molecular complexity index is 327. The normalized spacial score (nSPS) is 12.8. The summed E-state index contributed by atoms with van der Waals surface area (Å²) in [7, 11) is -5.84. The van der Waals surface area contributed by atoms with E-state index in [0.717, 1.165) is 0 Å². The number of halogens is 3. The van der Waals surface area contributed by atoms with Crippen molar-refractivity contribution >= 4 is 10.1 Å². The molecule has 130 valence electrons. The van der Waals surface area contributed by atoms with Gasteiger partial charge in [-0.05, 0) is 25.7 Å². The molecule has 0 heterocycles. The highest BCUT2D eigenvalue weighted by Crippen LogP contribution is 2.20.